The molecule has 3 aromatic rings. The van der Waals surface area contributed by atoms with Gasteiger partial charge in [0.05, 0.1) is 0 Å². The van der Waals surface area contributed by atoms with Crippen LogP contribution in [0.5, 0.6) is 5.75 Å². The lowest BCUT2D eigenvalue weighted by Gasteiger charge is -2.16. The number of hydrogen-bond acceptors (Lipinski definition) is 4. The molecule has 1 N–H and O–H groups in total. The molecule has 1 amide bonds. The first kappa shape index (κ1) is 18.4. The van der Waals surface area contributed by atoms with Crippen molar-refractivity contribution in [2.75, 3.05) is 5.32 Å². The van der Waals surface area contributed by atoms with Crippen molar-refractivity contribution in [1.29, 1.82) is 0 Å². The van der Waals surface area contributed by atoms with E-state index in [-0.39, 0.29) is 5.91 Å². The zero-order chi connectivity index (χ0) is 18.8. The number of amides is 1. The molecule has 1 heterocycles. The van der Waals surface area contributed by atoms with Gasteiger partial charge in [0.25, 0.3) is 5.91 Å². The highest BCUT2D eigenvalue weighted by Crippen LogP contribution is 2.23. The van der Waals surface area contributed by atoms with Gasteiger partial charge >= 0.3 is 5.63 Å². The monoisotopic (exact) mass is 463 g/mol. The second-order valence-electron chi connectivity index (χ2n) is 6.11. The summed E-state index contributed by atoms with van der Waals surface area (Å²) >= 11 is 2.23. The summed E-state index contributed by atoms with van der Waals surface area (Å²) in [5, 5.41) is 3.71. The number of anilines is 1. The molecule has 0 fully saturated rings. The number of hydrogen-bond donors (Lipinski definition) is 1. The Bertz CT molecular complexity index is 1040. The summed E-state index contributed by atoms with van der Waals surface area (Å²) in [6.07, 6.45) is -0.706. The summed E-state index contributed by atoms with van der Waals surface area (Å²) in [5.41, 5.74) is 2.61. The van der Waals surface area contributed by atoms with Crippen LogP contribution in [0.4, 0.5) is 5.69 Å². The van der Waals surface area contributed by atoms with Gasteiger partial charge in [0.2, 0.25) is 0 Å². The minimum absolute atomic E-state index is 0.250. The number of benzene rings is 2. The molecule has 26 heavy (non-hydrogen) atoms. The molecule has 134 valence electrons. The predicted octanol–water partition coefficient (Wildman–Crippen LogP) is 4.42. The van der Waals surface area contributed by atoms with E-state index >= 15 is 0 Å². The lowest BCUT2D eigenvalue weighted by atomic mass is 10.1. The zero-order valence-electron chi connectivity index (χ0n) is 14.6. The van der Waals surface area contributed by atoms with Gasteiger partial charge in [-0.15, -0.1) is 0 Å². The van der Waals surface area contributed by atoms with Crippen LogP contribution in [0, 0.1) is 17.4 Å². The SMILES string of the molecule is Cc1cc(I)ccc1NC(=O)C(C)Oc1ccc2c(C)cc(=O)oc2c1. The summed E-state index contributed by atoms with van der Waals surface area (Å²) in [6, 6.07) is 12.4. The van der Waals surface area contributed by atoms with Crippen LogP contribution in [0.1, 0.15) is 18.1 Å². The molecule has 2 aromatic carbocycles. The molecule has 5 nitrogen and oxygen atoms in total. The Labute approximate surface area is 164 Å². The van der Waals surface area contributed by atoms with E-state index in [1.165, 1.54) is 6.07 Å². The second kappa shape index (κ2) is 7.49. The predicted molar refractivity (Wildman–Crippen MR) is 110 cm³/mol. The van der Waals surface area contributed by atoms with Crippen molar-refractivity contribution in [3.63, 3.8) is 0 Å². The van der Waals surface area contributed by atoms with Crippen molar-refractivity contribution in [2.24, 2.45) is 0 Å². The van der Waals surface area contributed by atoms with Crippen LogP contribution < -0.4 is 15.7 Å². The number of nitrogens with one attached hydrogen (secondary N) is 1. The third kappa shape index (κ3) is 4.07. The molecular weight excluding hydrogens is 445 g/mol. The molecule has 0 saturated carbocycles. The van der Waals surface area contributed by atoms with Crippen LogP contribution in [0.2, 0.25) is 0 Å². The summed E-state index contributed by atoms with van der Waals surface area (Å²) in [6.45, 7) is 5.46. The number of rotatable bonds is 4. The van der Waals surface area contributed by atoms with Crippen LogP contribution in [0.15, 0.2) is 51.7 Å². The van der Waals surface area contributed by atoms with E-state index in [1.807, 2.05) is 38.1 Å². The first-order chi connectivity index (χ1) is 12.3. The van der Waals surface area contributed by atoms with E-state index in [0.29, 0.717) is 11.3 Å². The number of aryl methyl sites for hydroxylation is 2. The van der Waals surface area contributed by atoms with Gasteiger partial charge in [-0.3, -0.25) is 4.79 Å². The van der Waals surface area contributed by atoms with Crippen LogP contribution in [0.25, 0.3) is 11.0 Å². The van der Waals surface area contributed by atoms with Crippen molar-refractivity contribution in [1.82, 2.24) is 0 Å². The van der Waals surface area contributed by atoms with Gasteiger partial charge in [-0.05, 0) is 84.8 Å². The van der Waals surface area contributed by atoms with Gasteiger partial charge in [0, 0.05) is 26.8 Å². The largest absolute Gasteiger partial charge is 0.481 e. The Morgan fingerprint density at radius 3 is 2.62 bits per heavy atom. The van der Waals surface area contributed by atoms with E-state index in [4.69, 9.17) is 9.15 Å². The fourth-order valence-corrected chi connectivity index (χ4v) is 3.28. The Balaban J connectivity index is 1.76. The van der Waals surface area contributed by atoms with Gasteiger partial charge in [0.1, 0.15) is 11.3 Å². The minimum atomic E-state index is -0.706. The molecule has 3 rings (SSSR count). The fourth-order valence-electron chi connectivity index (χ4n) is 2.64. The van der Waals surface area contributed by atoms with E-state index < -0.39 is 11.7 Å². The van der Waals surface area contributed by atoms with E-state index in [0.717, 1.165) is 25.8 Å². The van der Waals surface area contributed by atoms with Crippen LogP contribution >= 0.6 is 22.6 Å². The smallest absolute Gasteiger partial charge is 0.336 e. The second-order valence-corrected chi connectivity index (χ2v) is 7.36. The first-order valence-corrected chi connectivity index (χ1v) is 9.19. The number of carbonyl (C=O) groups is 1. The van der Waals surface area contributed by atoms with Crippen LogP contribution in [-0.2, 0) is 4.79 Å². The highest BCUT2D eigenvalue weighted by Gasteiger charge is 2.16. The van der Waals surface area contributed by atoms with Crippen LogP contribution in [0.3, 0.4) is 0 Å². The van der Waals surface area contributed by atoms with Gasteiger partial charge in [0.15, 0.2) is 6.10 Å². The van der Waals surface area contributed by atoms with Crippen molar-refractivity contribution in [2.45, 2.75) is 26.9 Å². The fraction of sp³-hybridized carbons (Fsp3) is 0.200. The number of carbonyl (C=O) groups excluding carboxylic acids is 1. The molecule has 1 atom stereocenters. The summed E-state index contributed by atoms with van der Waals surface area (Å²) in [7, 11) is 0. The average Bonchev–Trinajstić information content (AvgIpc) is 2.56. The standard InChI is InChI=1S/C20H18INO4/c1-11-9-19(23)26-18-10-15(5-6-16(11)18)25-13(3)20(24)22-17-7-4-14(21)8-12(17)2/h4-10,13H,1-3H3,(H,22,24). The number of halogens is 1. The zero-order valence-corrected chi connectivity index (χ0v) is 16.8. The van der Waals surface area contributed by atoms with Crippen LogP contribution in [-0.4, -0.2) is 12.0 Å². The summed E-state index contributed by atoms with van der Waals surface area (Å²) < 4.78 is 12.0. The molecule has 0 aliphatic heterocycles. The van der Waals surface area contributed by atoms with Gasteiger partial charge in [-0.2, -0.15) is 0 Å². The van der Waals surface area contributed by atoms with E-state index in [1.54, 1.807) is 19.1 Å². The Kier molecular flexibility index (Phi) is 5.31. The van der Waals surface area contributed by atoms with Gasteiger partial charge < -0.3 is 14.5 Å². The van der Waals surface area contributed by atoms with Crippen molar-refractivity contribution in [3.05, 3.63) is 67.6 Å². The van der Waals surface area contributed by atoms with Gasteiger partial charge in [-0.25, -0.2) is 4.79 Å². The number of fused-ring (bicyclic) bond motifs is 1. The van der Waals surface area contributed by atoms with E-state index in [2.05, 4.69) is 27.9 Å². The van der Waals surface area contributed by atoms with Gasteiger partial charge in [-0.1, -0.05) is 0 Å². The molecule has 1 unspecified atom stereocenters. The normalized spacial score (nSPS) is 12.0. The highest BCUT2D eigenvalue weighted by atomic mass is 127. The molecule has 0 radical (unpaired) electrons. The highest BCUT2D eigenvalue weighted by molar-refractivity contribution is 14.1. The summed E-state index contributed by atoms with van der Waals surface area (Å²) in [4.78, 5) is 23.9. The third-order valence-electron chi connectivity index (χ3n) is 4.05. The molecule has 0 saturated heterocycles. The maximum absolute atomic E-state index is 12.4. The summed E-state index contributed by atoms with van der Waals surface area (Å²) in [5.74, 6) is 0.216. The molecular formula is C20H18INO4. The molecule has 0 aliphatic carbocycles. The first-order valence-electron chi connectivity index (χ1n) is 8.11. The Hall–Kier alpha value is -2.35. The Morgan fingerprint density at radius 1 is 1.12 bits per heavy atom. The quantitative estimate of drug-likeness (QED) is 0.460. The Morgan fingerprint density at radius 2 is 1.88 bits per heavy atom. The average molecular weight is 463 g/mol. The maximum Gasteiger partial charge on any atom is 0.336 e. The third-order valence-corrected chi connectivity index (χ3v) is 4.72. The van der Waals surface area contributed by atoms with Crippen molar-refractivity contribution >= 4 is 45.2 Å². The molecule has 1 aromatic heterocycles. The molecule has 0 spiro atoms. The minimum Gasteiger partial charge on any atom is -0.481 e. The lowest BCUT2D eigenvalue weighted by Crippen LogP contribution is -2.30. The van der Waals surface area contributed by atoms with Crippen molar-refractivity contribution < 1.29 is 13.9 Å². The molecule has 0 aliphatic rings. The van der Waals surface area contributed by atoms with E-state index in [9.17, 15) is 9.59 Å². The molecule has 6 heteroatoms. The maximum atomic E-state index is 12.4. The molecule has 0 bridgehead atoms. The number of ether oxygens (including phenoxy) is 1. The van der Waals surface area contributed by atoms with Crippen molar-refractivity contribution in [3.8, 4) is 5.75 Å². The topological polar surface area (TPSA) is 68.5 Å². The lowest BCUT2D eigenvalue weighted by molar-refractivity contribution is -0.122.